The smallest absolute Gasteiger partial charge is 0.232 e. The average molecular weight is 479 g/mol. The van der Waals surface area contributed by atoms with Crippen LogP contribution in [0.15, 0.2) is 42.5 Å². The summed E-state index contributed by atoms with van der Waals surface area (Å²) < 4.78 is 42.5. The van der Waals surface area contributed by atoms with E-state index in [0.717, 1.165) is 11.8 Å². The van der Waals surface area contributed by atoms with E-state index >= 15 is 0 Å². The summed E-state index contributed by atoms with van der Waals surface area (Å²) in [4.78, 5) is 12.5. The predicted octanol–water partition coefficient (Wildman–Crippen LogP) is 3.92. The SMILES string of the molecule is CCOc1ccc([C@@H](C)NC(=O)CCCN(c2ccccc2OC)S(C)(=O)=O)cc1OCC. The Bertz CT molecular complexity index is 1030. The fourth-order valence-corrected chi connectivity index (χ4v) is 4.39. The largest absolute Gasteiger partial charge is 0.495 e. The van der Waals surface area contributed by atoms with Gasteiger partial charge in [-0.15, -0.1) is 0 Å². The summed E-state index contributed by atoms with van der Waals surface area (Å²) >= 11 is 0. The standard InChI is InChI=1S/C24H34N2O6S/c1-6-31-22-15-14-19(17-23(22)32-7-2)18(3)25-24(27)13-10-16-26(33(5,28)29)20-11-8-9-12-21(20)30-4/h8-9,11-12,14-15,17-18H,6-7,10,13,16H2,1-5H3,(H,25,27)/t18-/m1/s1. The maximum atomic E-state index is 12.5. The van der Waals surface area contributed by atoms with Crippen LogP contribution in [0.3, 0.4) is 0 Å². The fourth-order valence-electron chi connectivity index (χ4n) is 3.42. The monoisotopic (exact) mass is 478 g/mol. The molecule has 0 radical (unpaired) electrons. The molecule has 9 heteroatoms. The van der Waals surface area contributed by atoms with Crippen LogP contribution in [0.5, 0.6) is 17.2 Å². The Kier molecular flexibility index (Phi) is 9.84. The van der Waals surface area contributed by atoms with E-state index in [9.17, 15) is 13.2 Å². The number of nitrogens with zero attached hydrogens (tertiary/aromatic N) is 1. The van der Waals surface area contributed by atoms with Crippen LogP contribution >= 0.6 is 0 Å². The van der Waals surface area contributed by atoms with Crippen molar-refractivity contribution in [3.8, 4) is 17.2 Å². The number of rotatable bonds is 13. The van der Waals surface area contributed by atoms with Crippen molar-refractivity contribution in [2.75, 3.05) is 37.4 Å². The summed E-state index contributed by atoms with van der Waals surface area (Å²) in [6.07, 6.45) is 1.68. The Hall–Kier alpha value is -2.94. The third-order valence-electron chi connectivity index (χ3n) is 4.96. The van der Waals surface area contributed by atoms with Crippen molar-refractivity contribution in [3.63, 3.8) is 0 Å². The maximum absolute atomic E-state index is 12.5. The number of ether oxygens (including phenoxy) is 3. The minimum atomic E-state index is -3.54. The number of hydrogen-bond acceptors (Lipinski definition) is 6. The topological polar surface area (TPSA) is 94.2 Å². The van der Waals surface area contributed by atoms with Gasteiger partial charge in [-0.25, -0.2) is 8.42 Å². The summed E-state index contributed by atoms with van der Waals surface area (Å²) in [6.45, 7) is 6.90. The van der Waals surface area contributed by atoms with E-state index in [4.69, 9.17) is 14.2 Å². The molecule has 8 nitrogen and oxygen atoms in total. The highest BCUT2D eigenvalue weighted by Crippen LogP contribution is 2.31. The second-order valence-corrected chi connectivity index (χ2v) is 9.38. The van der Waals surface area contributed by atoms with Gasteiger partial charge in [-0.2, -0.15) is 0 Å². The molecular weight excluding hydrogens is 444 g/mol. The fraction of sp³-hybridized carbons (Fsp3) is 0.458. The van der Waals surface area contributed by atoms with Crippen LogP contribution in [0.1, 0.15) is 45.2 Å². The van der Waals surface area contributed by atoms with E-state index in [-0.39, 0.29) is 24.9 Å². The van der Waals surface area contributed by atoms with Gasteiger partial charge >= 0.3 is 0 Å². The zero-order valence-electron chi connectivity index (χ0n) is 20.0. The number of amides is 1. The average Bonchev–Trinajstić information content (AvgIpc) is 2.77. The Balaban J connectivity index is 2.00. The second-order valence-electron chi connectivity index (χ2n) is 7.47. The van der Waals surface area contributed by atoms with Crippen LogP contribution in [0, 0.1) is 0 Å². The molecule has 182 valence electrons. The third kappa shape index (κ3) is 7.56. The Morgan fingerprint density at radius 1 is 1.03 bits per heavy atom. The molecule has 2 rings (SSSR count). The molecule has 1 N–H and O–H groups in total. The van der Waals surface area contributed by atoms with Crippen molar-refractivity contribution in [2.24, 2.45) is 0 Å². The minimum absolute atomic E-state index is 0.164. The first-order chi connectivity index (χ1) is 15.7. The van der Waals surface area contributed by atoms with Gasteiger partial charge in [-0.05, 0) is 57.0 Å². The summed E-state index contributed by atoms with van der Waals surface area (Å²) in [5, 5.41) is 2.96. The summed E-state index contributed by atoms with van der Waals surface area (Å²) in [5.41, 5.74) is 1.34. The lowest BCUT2D eigenvalue weighted by Crippen LogP contribution is -2.32. The molecule has 0 spiro atoms. The van der Waals surface area contributed by atoms with Crippen molar-refractivity contribution in [1.82, 2.24) is 5.32 Å². The van der Waals surface area contributed by atoms with Gasteiger partial charge in [-0.3, -0.25) is 9.10 Å². The molecule has 1 amide bonds. The molecule has 2 aromatic carbocycles. The minimum Gasteiger partial charge on any atom is -0.495 e. The van der Waals surface area contributed by atoms with Crippen molar-refractivity contribution in [3.05, 3.63) is 48.0 Å². The molecule has 0 saturated carbocycles. The van der Waals surface area contributed by atoms with E-state index < -0.39 is 10.0 Å². The van der Waals surface area contributed by atoms with Crippen LogP contribution < -0.4 is 23.8 Å². The number of anilines is 1. The van der Waals surface area contributed by atoms with Crippen LogP contribution in [-0.2, 0) is 14.8 Å². The van der Waals surface area contributed by atoms with Gasteiger partial charge in [0.25, 0.3) is 0 Å². The first-order valence-electron chi connectivity index (χ1n) is 11.0. The third-order valence-corrected chi connectivity index (χ3v) is 6.14. The number of benzene rings is 2. The first kappa shape index (κ1) is 26.3. The molecule has 0 aromatic heterocycles. The lowest BCUT2D eigenvalue weighted by Gasteiger charge is -2.24. The highest BCUT2D eigenvalue weighted by molar-refractivity contribution is 7.92. The molecule has 0 saturated heterocycles. The summed E-state index contributed by atoms with van der Waals surface area (Å²) in [5.74, 6) is 1.60. The number of carbonyl (C=O) groups is 1. The lowest BCUT2D eigenvalue weighted by molar-refractivity contribution is -0.121. The van der Waals surface area contributed by atoms with Crippen LogP contribution in [0.25, 0.3) is 0 Å². The van der Waals surface area contributed by atoms with Gasteiger partial charge in [0.15, 0.2) is 11.5 Å². The lowest BCUT2D eigenvalue weighted by atomic mass is 10.1. The zero-order valence-corrected chi connectivity index (χ0v) is 20.8. The van der Waals surface area contributed by atoms with Crippen LogP contribution in [-0.4, -0.2) is 47.4 Å². The predicted molar refractivity (Wildman–Crippen MR) is 130 cm³/mol. The number of carbonyl (C=O) groups excluding carboxylic acids is 1. The first-order valence-corrected chi connectivity index (χ1v) is 12.9. The highest BCUT2D eigenvalue weighted by atomic mass is 32.2. The van der Waals surface area contributed by atoms with Gasteiger partial charge in [-0.1, -0.05) is 18.2 Å². The summed E-state index contributed by atoms with van der Waals surface area (Å²) in [6, 6.07) is 12.3. The van der Waals surface area contributed by atoms with E-state index in [1.54, 1.807) is 24.3 Å². The van der Waals surface area contributed by atoms with Crippen molar-refractivity contribution >= 4 is 21.6 Å². The number of hydrogen-bond donors (Lipinski definition) is 1. The normalized spacial score (nSPS) is 12.0. The van der Waals surface area contributed by atoms with Crippen molar-refractivity contribution < 1.29 is 27.4 Å². The Morgan fingerprint density at radius 2 is 1.70 bits per heavy atom. The molecule has 0 heterocycles. The number of nitrogens with one attached hydrogen (secondary N) is 1. The molecule has 33 heavy (non-hydrogen) atoms. The molecule has 0 aliphatic carbocycles. The zero-order chi connectivity index (χ0) is 24.4. The molecule has 1 atom stereocenters. The van der Waals surface area contributed by atoms with Crippen molar-refractivity contribution in [1.29, 1.82) is 0 Å². The van der Waals surface area contributed by atoms with Gasteiger partial charge in [0, 0.05) is 13.0 Å². The van der Waals surface area contributed by atoms with E-state index in [2.05, 4.69) is 5.32 Å². The molecular formula is C24H34N2O6S. The number of methoxy groups -OCH3 is 1. The Morgan fingerprint density at radius 3 is 2.33 bits per heavy atom. The summed E-state index contributed by atoms with van der Waals surface area (Å²) in [7, 11) is -2.05. The quantitative estimate of drug-likeness (QED) is 0.469. The van der Waals surface area contributed by atoms with Crippen LogP contribution in [0.2, 0.25) is 0 Å². The molecule has 0 fully saturated rings. The molecule has 0 aliphatic heterocycles. The Labute approximate surface area is 196 Å². The van der Waals surface area contributed by atoms with Gasteiger partial charge in [0.1, 0.15) is 5.75 Å². The van der Waals surface area contributed by atoms with Crippen LogP contribution in [0.4, 0.5) is 5.69 Å². The van der Waals surface area contributed by atoms with E-state index in [0.29, 0.717) is 42.6 Å². The molecule has 0 bridgehead atoms. The van der Waals surface area contributed by atoms with Gasteiger partial charge in [0.05, 0.1) is 38.3 Å². The highest BCUT2D eigenvalue weighted by Gasteiger charge is 2.21. The van der Waals surface area contributed by atoms with E-state index in [1.165, 1.54) is 11.4 Å². The number of para-hydroxylation sites is 2. The molecule has 0 aliphatic rings. The maximum Gasteiger partial charge on any atom is 0.232 e. The van der Waals surface area contributed by atoms with Gasteiger partial charge in [0.2, 0.25) is 15.9 Å². The molecule has 0 unspecified atom stereocenters. The van der Waals surface area contributed by atoms with Crippen molar-refractivity contribution in [2.45, 2.75) is 39.7 Å². The van der Waals surface area contributed by atoms with E-state index in [1.807, 2.05) is 39.0 Å². The second kappa shape index (κ2) is 12.3. The molecule has 2 aromatic rings. The number of sulfonamides is 1. The van der Waals surface area contributed by atoms with Gasteiger partial charge < -0.3 is 19.5 Å².